The van der Waals surface area contributed by atoms with Gasteiger partial charge in [0.1, 0.15) is 5.25 Å². The molecule has 0 aliphatic carbocycles. The number of amides is 3. The number of amidine groups is 1. The molecule has 3 rings (SSSR count). The lowest BCUT2D eigenvalue weighted by Gasteiger charge is -2.16. The molecule has 0 radical (unpaired) electrons. The van der Waals surface area contributed by atoms with Crippen LogP contribution in [-0.2, 0) is 9.59 Å². The quantitative estimate of drug-likeness (QED) is 0.437. The van der Waals surface area contributed by atoms with Gasteiger partial charge in [0.15, 0.2) is 5.17 Å². The van der Waals surface area contributed by atoms with Gasteiger partial charge in [-0.2, -0.15) is 0 Å². The zero-order valence-electron chi connectivity index (χ0n) is 17.1. The summed E-state index contributed by atoms with van der Waals surface area (Å²) in [6, 6.07) is 16.0. The van der Waals surface area contributed by atoms with E-state index in [1.807, 2.05) is 44.2 Å². The predicted octanol–water partition coefficient (Wildman–Crippen LogP) is 3.29. The number of hydrogen-bond acceptors (Lipinski definition) is 5. The molecule has 1 fully saturated rings. The number of benzene rings is 2. The topological polar surface area (TPSA) is 90.9 Å². The average Bonchev–Trinajstić information content (AvgIpc) is 3.00. The molecule has 1 aliphatic rings. The Hall–Kier alpha value is -3.13. The number of para-hydroxylation sites is 1. The Balaban J connectivity index is 1.76. The minimum Gasteiger partial charge on any atom is -0.355 e. The first-order valence-corrected chi connectivity index (χ1v) is 10.5. The summed E-state index contributed by atoms with van der Waals surface area (Å²) in [4.78, 5) is 43.0. The van der Waals surface area contributed by atoms with Crippen LogP contribution >= 0.6 is 11.8 Å². The minimum atomic E-state index is -0.565. The van der Waals surface area contributed by atoms with E-state index in [4.69, 9.17) is 0 Å². The molecule has 1 unspecified atom stereocenters. The van der Waals surface area contributed by atoms with Crippen molar-refractivity contribution in [1.29, 1.82) is 0 Å². The Labute approximate surface area is 179 Å². The van der Waals surface area contributed by atoms with E-state index >= 15 is 0 Å². The van der Waals surface area contributed by atoms with E-state index in [1.54, 1.807) is 31.3 Å². The maximum absolute atomic E-state index is 13.0. The van der Waals surface area contributed by atoms with E-state index in [9.17, 15) is 14.4 Å². The first kappa shape index (κ1) is 21.6. The van der Waals surface area contributed by atoms with Gasteiger partial charge in [-0.3, -0.25) is 19.4 Å². The molecule has 1 aliphatic heterocycles. The number of rotatable bonds is 5. The summed E-state index contributed by atoms with van der Waals surface area (Å²) in [5, 5.41) is 5.81. The lowest BCUT2D eigenvalue weighted by molar-refractivity contribution is -0.121. The summed E-state index contributed by atoms with van der Waals surface area (Å²) < 4.78 is 0. The van der Waals surface area contributed by atoms with Gasteiger partial charge in [-0.15, -0.1) is 0 Å². The molecule has 30 heavy (non-hydrogen) atoms. The van der Waals surface area contributed by atoms with Crippen LogP contribution in [0, 0.1) is 0 Å². The summed E-state index contributed by atoms with van der Waals surface area (Å²) in [5.74, 6) is -0.784. The number of nitrogens with zero attached hydrogens (tertiary/aromatic N) is 2. The second-order valence-corrected chi connectivity index (χ2v) is 8.21. The lowest BCUT2D eigenvalue weighted by atomic mass is 10.2. The van der Waals surface area contributed by atoms with Gasteiger partial charge in [0, 0.05) is 30.8 Å². The van der Waals surface area contributed by atoms with Crippen molar-refractivity contribution in [2.24, 2.45) is 4.99 Å². The van der Waals surface area contributed by atoms with E-state index < -0.39 is 5.25 Å². The summed E-state index contributed by atoms with van der Waals surface area (Å²) in [5.41, 5.74) is 1.78. The van der Waals surface area contributed by atoms with Crippen LogP contribution in [0.3, 0.4) is 0 Å². The second-order valence-electron chi connectivity index (χ2n) is 7.02. The van der Waals surface area contributed by atoms with E-state index in [0.717, 1.165) is 5.69 Å². The van der Waals surface area contributed by atoms with Gasteiger partial charge >= 0.3 is 0 Å². The zero-order valence-corrected chi connectivity index (χ0v) is 17.9. The number of hydrogen-bond donors (Lipinski definition) is 2. The molecule has 1 saturated heterocycles. The number of aliphatic imine (C=N–C) groups is 1. The first-order valence-electron chi connectivity index (χ1n) is 9.64. The van der Waals surface area contributed by atoms with Crippen molar-refractivity contribution in [2.45, 2.75) is 31.6 Å². The smallest absolute Gasteiger partial charge is 0.251 e. The fourth-order valence-corrected chi connectivity index (χ4v) is 4.13. The summed E-state index contributed by atoms with van der Waals surface area (Å²) in [7, 11) is 1.55. The molecule has 0 saturated carbocycles. The van der Waals surface area contributed by atoms with Gasteiger partial charge in [0.2, 0.25) is 11.8 Å². The molecule has 0 bridgehead atoms. The zero-order chi connectivity index (χ0) is 21.7. The second kappa shape index (κ2) is 9.58. The predicted molar refractivity (Wildman–Crippen MR) is 121 cm³/mol. The number of thioether (sulfide) groups is 1. The highest BCUT2D eigenvalue weighted by Crippen LogP contribution is 2.31. The molecule has 7 nitrogen and oxygen atoms in total. The lowest BCUT2D eigenvalue weighted by Crippen LogP contribution is -2.32. The maximum atomic E-state index is 13.0. The molecule has 2 aromatic rings. The van der Waals surface area contributed by atoms with E-state index in [0.29, 0.717) is 16.4 Å². The van der Waals surface area contributed by atoms with Crippen molar-refractivity contribution in [3.05, 3.63) is 60.2 Å². The summed E-state index contributed by atoms with van der Waals surface area (Å²) in [6.07, 6.45) is 0.0916. The molecule has 2 aromatic carbocycles. The number of imide groups is 1. The highest BCUT2D eigenvalue weighted by atomic mass is 32.2. The van der Waals surface area contributed by atoms with Gasteiger partial charge in [-0.1, -0.05) is 30.0 Å². The van der Waals surface area contributed by atoms with Crippen LogP contribution in [0.1, 0.15) is 30.6 Å². The van der Waals surface area contributed by atoms with Crippen LogP contribution in [0.5, 0.6) is 0 Å². The highest BCUT2D eigenvalue weighted by molar-refractivity contribution is 8.15. The van der Waals surface area contributed by atoms with Crippen LogP contribution in [0.2, 0.25) is 0 Å². The number of carbonyl (C=O) groups excluding carboxylic acids is 3. The first-order chi connectivity index (χ1) is 14.4. The van der Waals surface area contributed by atoms with E-state index in [2.05, 4.69) is 15.6 Å². The molecule has 156 valence electrons. The van der Waals surface area contributed by atoms with Gasteiger partial charge in [-0.05, 0) is 50.2 Å². The van der Waals surface area contributed by atoms with Crippen LogP contribution in [0.15, 0.2) is 59.6 Å². The van der Waals surface area contributed by atoms with Crippen LogP contribution < -0.4 is 15.5 Å². The van der Waals surface area contributed by atoms with Crippen LogP contribution in [0.25, 0.3) is 0 Å². The van der Waals surface area contributed by atoms with E-state index in [-0.39, 0.29) is 30.2 Å². The maximum Gasteiger partial charge on any atom is 0.251 e. The fraction of sp³-hybridized carbons (Fsp3) is 0.273. The number of nitrogens with one attached hydrogen (secondary N) is 2. The Bertz CT molecular complexity index is 958. The Morgan fingerprint density at radius 2 is 1.77 bits per heavy atom. The third kappa shape index (κ3) is 5.07. The molecule has 0 spiro atoms. The Kier molecular flexibility index (Phi) is 6.89. The molecule has 8 heteroatoms. The van der Waals surface area contributed by atoms with Gasteiger partial charge in [-0.25, -0.2) is 4.90 Å². The van der Waals surface area contributed by atoms with Crippen LogP contribution in [0.4, 0.5) is 11.4 Å². The van der Waals surface area contributed by atoms with Crippen molar-refractivity contribution in [1.82, 2.24) is 5.32 Å². The molecule has 0 aromatic heterocycles. The van der Waals surface area contributed by atoms with Crippen molar-refractivity contribution < 1.29 is 14.4 Å². The Morgan fingerprint density at radius 1 is 1.10 bits per heavy atom. The third-order valence-electron chi connectivity index (χ3n) is 4.37. The number of carbonyl (C=O) groups is 3. The molecular weight excluding hydrogens is 400 g/mol. The van der Waals surface area contributed by atoms with Crippen molar-refractivity contribution in [3.63, 3.8) is 0 Å². The SMILES string of the molecule is CNC(=O)c1ccc(N2C(=O)CC(SC(=NC(C)C)Nc3ccccc3)C2=O)cc1. The van der Waals surface area contributed by atoms with Crippen molar-refractivity contribution in [3.8, 4) is 0 Å². The van der Waals surface area contributed by atoms with Crippen molar-refractivity contribution >= 4 is 46.0 Å². The summed E-state index contributed by atoms with van der Waals surface area (Å²) in [6.45, 7) is 3.91. The average molecular weight is 425 g/mol. The normalized spacial score (nSPS) is 16.9. The largest absolute Gasteiger partial charge is 0.355 e. The van der Waals surface area contributed by atoms with Gasteiger partial charge < -0.3 is 10.6 Å². The third-order valence-corrected chi connectivity index (χ3v) is 5.46. The molecule has 2 N–H and O–H groups in total. The summed E-state index contributed by atoms with van der Waals surface area (Å²) >= 11 is 1.26. The standard InChI is InChI=1S/C22H24N4O3S/c1-14(2)24-22(25-16-7-5-4-6-8-16)30-18-13-19(27)26(21(18)29)17-11-9-15(10-12-17)20(28)23-3/h4-12,14,18H,13H2,1-3H3,(H,23,28)(H,24,25). The van der Waals surface area contributed by atoms with Crippen LogP contribution in [-0.4, -0.2) is 41.2 Å². The van der Waals surface area contributed by atoms with Gasteiger partial charge in [0.25, 0.3) is 5.91 Å². The molecular formula is C22H24N4O3S. The molecule has 3 amide bonds. The molecule has 1 atom stereocenters. The van der Waals surface area contributed by atoms with Crippen molar-refractivity contribution in [2.75, 3.05) is 17.3 Å². The monoisotopic (exact) mass is 424 g/mol. The van der Waals surface area contributed by atoms with E-state index in [1.165, 1.54) is 16.7 Å². The molecule has 1 heterocycles. The van der Waals surface area contributed by atoms with Gasteiger partial charge in [0.05, 0.1) is 5.69 Å². The highest BCUT2D eigenvalue weighted by Gasteiger charge is 2.40. The Morgan fingerprint density at radius 3 is 2.37 bits per heavy atom. The number of anilines is 2. The fourth-order valence-electron chi connectivity index (χ4n) is 2.98. The minimum absolute atomic E-state index is 0.0317.